The van der Waals surface area contributed by atoms with Crippen molar-refractivity contribution >= 4 is 5.91 Å². The number of ether oxygens (including phenoxy) is 2. The van der Waals surface area contributed by atoms with Crippen LogP contribution in [0.3, 0.4) is 0 Å². The van der Waals surface area contributed by atoms with Crippen molar-refractivity contribution in [1.82, 2.24) is 0 Å². The molecule has 0 radical (unpaired) electrons. The molecule has 1 aromatic carbocycles. The highest BCUT2D eigenvalue weighted by atomic mass is 16.7. The van der Waals surface area contributed by atoms with E-state index in [4.69, 9.17) is 15.2 Å². The van der Waals surface area contributed by atoms with E-state index in [0.29, 0.717) is 11.5 Å². The number of rotatable bonds is 1. The van der Waals surface area contributed by atoms with Crippen LogP contribution >= 0.6 is 0 Å². The van der Waals surface area contributed by atoms with E-state index in [1.165, 1.54) is 12.1 Å². The van der Waals surface area contributed by atoms with Gasteiger partial charge in [-0.05, 0) is 0 Å². The van der Waals surface area contributed by atoms with Crippen LogP contribution in [0.15, 0.2) is 12.1 Å². The van der Waals surface area contributed by atoms with E-state index in [1.807, 2.05) is 0 Å². The number of nitrogens with two attached hydrogens (primary N) is 1. The van der Waals surface area contributed by atoms with Gasteiger partial charge in [0.1, 0.15) is 5.75 Å². The molecule has 0 saturated carbocycles. The summed E-state index contributed by atoms with van der Waals surface area (Å²) in [6.45, 7) is 0.0942. The van der Waals surface area contributed by atoms with Crippen molar-refractivity contribution in [1.29, 1.82) is 0 Å². The van der Waals surface area contributed by atoms with Gasteiger partial charge in [0.2, 0.25) is 6.79 Å². The Morgan fingerprint density at radius 1 is 1.38 bits per heavy atom. The number of carbonyl (C=O) groups excluding carboxylic acids is 1. The zero-order chi connectivity index (χ0) is 9.42. The largest absolute Gasteiger partial charge is 0.507 e. The van der Waals surface area contributed by atoms with Gasteiger partial charge in [-0.2, -0.15) is 0 Å². The quantitative estimate of drug-likeness (QED) is 0.649. The van der Waals surface area contributed by atoms with Gasteiger partial charge in [-0.1, -0.05) is 0 Å². The Labute approximate surface area is 73.7 Å². The molecule has 13 heavy (non-hydrogen) atoms. The van der Waals surface area contributed by atoms with Crippen molar-refractivity contribution in [2.24, 2.45) is 5.73 Å². The zero-order valence-corrected chi connectivity index (χ0v) is 6.61. The summed E-state index contributed by atoms with van der Waals surface area (Å²) in [4.78, 5) is 10.8. The summed E-state index contributed by atoms with van der Waals surface area (Å²) in [5.41, 5.74) is 5.05. The Hall–Kier alpha value is -1.91. The van der Waals surface area contributed by atoms with E-state index < -0.39 is 5.91 Å². The van der Waals surface area contributed by atoms with Gasteiger partial charge in [0.05, 0.1) is 5.56 Å². The average molecular weight is 181 g/mol. The molecule has 5 heteroatoms. The topological polar surface area (TPSA) is 81.8 Å². The Morgan fingerprint density at radius 3 is 2.62 bits per heavy atom. The van der Waals surface area contributed by atoms with Gasteiger partial charge in [-0.15, -0.1) is 0 Å². The Bertz CT molecular complexity index is 375. The van der Waals surface area contributed by atoms with Crippen molar-refractivity contribution in [3.05, 3.63) is 17.7 Å². The number of primary amides is 1. The maximum Gasteiger partial charge on any atom is 0.252 e. The molecule has 0 unspecified atom stereocenters. The highest BCUT2D eigenvalue weighted by Crippen LogP contribution is 2.37. The summed E-state index contributed by atoms with van der Waals surface area (Å²) in [6, 6.07) is 2.67. The minimum absolute atomic E-state index is 0.0317. The minimum atomic E-state index is -0.698. The van der Waals surface area contributed by atoms with E-state index in [0.717, 1.165) is 0 Å². The number of benzene rings is 1. The van der Waals surface area contributed by atoms with Crippen LogP contribution in [0.25, 0.3) is 0 Å². The van der Waals surface area contributed by atoms with E-state index >= 15 is 0 Å². The van der Waals surface area contributed by atoms with Crippen LogP contribution in [0.4, 0.5) is 0 Å². The standard InChI is InChI=1S/C8H7NO4/c9-8(11)4-1-6-7(2-5(4)10)13-3-12-6/h1-2,10H,3H2,(H2,9,11). The first kappa shape index (κ1) is 7.72. The lowest BCUT2D eigenvalue weighted by Crippen LogP contribution is -2.10. The maximum atomic E-state index is 10.8. The van der Waals surface area contributed by atoms with Crippen molar-refractivity contribution in [2.75, 3.05) is 6.79 Å². The number of aromatic hydroxyl groups is 1. The fraction of sp³-hybridized carbons (Fsp3) is 0.125. The molecule has 5 nitrogen and oxygen atoms in total. The third kappa shape index (κ3) is 1.14. The van der Waals surface area contributed by atoms with E-state index in [1.54, 1.807) is 0 Å². The molecule has 1 amide bonds. The highest BCUT2D eigenvalue weighted by molar-refractivity contribution is 5.96. The molecular weight excluding hydrogens is 174 g/mol. The SMILES string of the molecule is NC(=O)c1cc2c(cc1O)OCO2. The lowest BCUT2D eigenvalue weighted by atomic mass is 10.1. The highest BCUT2D eigenvalue weighted by Gasteiger charge is 2.18. The van der Waals surface area contributed by atoms with Crippen LogP contribution in [-0.4, -0.2) is 17.8 Å². The number of phenols is 1. The minimum Gasteiger partial charge on any atom is -0.507 e. The van der Waals surface area contributed by atoms with Gasteiger partial charge in [0.15, 0.2) is 11.5 Å². The molecule has 2 rings (SSSR count). The van der Waals surface area contributed by atoms with Crippen LogP contribution in [-0.2, 0) is 0 Å². The average Bonchev–Trinajstić information content (AvgIpc) is 2.48. The van der Waals surface area contributed by atoms with Gasteiger partial charge in [0.25, 0.3) is 5.91 Å². The monoisotopic (exact) mass is 181 g/mol. The molecule has 0 bridgehead atoms. The lowest BCUT2D eigenvalue weighted by Gasteiger charge is -2.01. The normalized spacial score (nSPS) is 12.9. The van der Waals surface area contributed by atoms with Gasteiger partial charge >= 0.3 is 0 Å². The first-order chi connectivity index (χ1) is 6.18. The van der Waals surface area contributed by atoms with E-state index in [-0.39, 0.29) is 18.1 Å². The summed E-state index contributed by atoms with van der Waals surface area (Å²) in [7, 11) is 0. The third-order valence-electron chi connectivity index (χ3n) is 1.76. The third-order valence-corrected chi connectivity index (χ3v) is 1.76. The first-order valence-corrected chi connectivity index (χ1v) is 3.61. The molecule has 1 aromatic rings. The molecular formula is C8H7NO4. The van der Waals surface area contributed by atoms with Crippen LogP contribution < -0.4 is 15.2 Å². The molecule has 1 aliphatic heterocycles. The predicted molar refractivity (Wildman–Crippen MR) is 42.7 cm³/mol. The lowest BCUT2D eigenvalue weighted by molar-refractivity contribution is 0.0997. The summed E-state index contributed by atoms with van der Waals surface area (Å²) in [6.07, 6.45) is 0. The van der Waals surface area contributed by atoms with Crippen molar-refractivity contribution in [2.45, 2.75) is 0 Å². The number of amides is 1. The Balaban J connectivity index is 2.55. The number of hydrogen-bond acceptors (Lipinski definition) is 4. The van der Waals surface area contributed by atoms with Crippen molar-refractivity contribution < 1.29 is 19.4 Å². The number of hydrogen-bond donors (Lipinski definition) is 2. The molecule has 1 heterocycles. The van der Waals surface area contributed by atoms with E-state index in [2.05, 4.69) is 0 Å². The maximum absolute atomic E-state index is 10.8. The molecule has 68 valence electrons. The molecule has 0 fully saturated rings. The van der Waals surface area contributed by atoms with Gasteiger partial charge in [-0.25, -0.2) is 0 Å². The van der Waals surface area contributed by atoms with Gasteiger partial charge in [0, 0.05) is 12.1 Å². The molecule has 3 N–H and O–H groups in total. The second-order valence-electron chi connectivity index (χ2n) is 2.59. The molecule has 0 atom stereocenters. The van der Waals surface area contributed by atoms with Crippen LogP contribution in [0.5, 0.6) is 17.2 Å². The summed E-state index contributed by atoms with van der Waals surface area (Å²) in [5.74, 6) is -0.0540. The zero-order valence-electron chi connectivity index (χ0n) is 6.61. The molecule has 0 saturated heterocycles. The smallest absolute Gasteiger partial charge is 0.252 e. The summed E-state index contributed by atoms with van der Waals surface area (Å²) >= 11 is 0. The number of carbonyl (C=O) groups is 1. The predicted octanol–water partition coefficient (Wildman–Crippen LogP) is 0.220. The molecule has 0 spiro atoms. The van der Waals surface area contributed by atoms with Crippen LogP contribution in [0.2, 0.25) is 0 Å². The summed E-state index contributed by atoms with van der Waals surface area (Å²) < 4.78 is 9.98. The molecule has 0 aliphatic carbocycles. The number of fused-ring (bicyclic) bond motifs is 1. The van der Waals surface area contributed by atoms with E-state index in [9.17, 15) is 9.90 Å². The first-order valence-electron chi connectivity index (χ1n) is 3.61. The second-order valence-corrected chi connectivity index (χ2v) is 2.59. The second kappa shape index (κ2) is 2.55. The van der Waals surface area contributed by atoms with Crippen molar-refractivity contribution in [3.8, 4) is 17.2 Å². The van der Waals surface area contributed by atoms with Crippen LogP contribution in [0.1, 0.15) is 10.4 Å². The molecule has 1 aliphatic rings. The van der Waals surface area contributed by atoms with Crippen LogP contribution in [0, 0.1) is 0 Å². The molecule has 0 aromatic heterocycles. The Morgan fingerprint density at radius 2 is 2.00 bits per heavy atom. The Kier molecular flexibility index (Phi) is 1.51. The fourth-order valence-corrected chi connectivity index (χ4v) is 1.13. The van der Waals surface area contributed by atoms with Gasteiger partial charge in [-0.3, -0.25) is 4.79 Å². The van der Waals surface area contributed by atoms with Crippen molar-refractivity contribution in [3.63, 3.8) is 0 Å². The fourth-order valence-electron chi connectivity index (χ4n) is 1.13. The summed E-state index contributed by atoms with van der Waals surface area (Å²) in [5, 5.41) is 9.31. The van der Waals surface area contributed by atoms with Gasteiger partial charge < -0.3 is 20.3 Å².